The maximum atomic E-state index is 5.59. The van der Waals surface area contributed by atoms with E-state index in [1.165, 1.54) is 10.4 Å². The number of thiophene rings is 1. The fourth-order valence-electron chi connectivity index (χ4n) is 3.56. The maximum absolute atomic E-state index is 5.59. The van der Waals surface area contributed by atoms with E-state index in [9.17, 15) is 0 Å². The van der Waals surface area contributed by atoms with Crippen LogP contribution in [0.15, 0.2) is 24.7 Å². The van der Waals surface area contributed by atoms with Crippen LogP contribution in [0.25, 0.3) is 21.1 Å². The van der Waals surface area contributed by atoms with Crippen molar-refractivity contribution in [1.82, 2.24) is 20.2 Å². The van der Waals surface area contributed by atoms with Crippen LogP contribution < -0.4 is 10.1 Å². The monoisotopic (exact) mass is 427 g/mol. The van der Waals surface area contributed by atoms with Crippen molar-refractivity contribution in [2.45, 2.75) is 25.9 Å². The Morgan fingerprint density at radius 2 is 2.00 bits per heavy atom. The molecule has 0 aliphatic rings. The Balaban J connectivity index is 1.75. The number of nitrogens with one attached hydrogen (secondary N) is 2. The molecule has 0 saturated carbocycles. The lowest BCUT2D eigenvalue weighted by molar-refractivity contribution is 0.186. The summed E-state index contributed by atoms with van der Waals surface area (Å²) in [6.07, 6.45) is 6.33. The summed E-state index contributed by atoms with van der Waals surface area (Å²) < 4.78 is 16.2. The van der Waals surface area contributed by atoms with Crippen LogP contribution >= 0.6 is 11.3 Å². The third-order valence-corrected chi connectivity index (χ3v) is 6.10. The van der Waals surface area contributed by atoms with Crippen molar-refractivity contribution in [3.05, 3.63) is 35.1 Å². The highest BCUT2D eigenvalue weighted by molar-refractivity contribution is 7.18. The Morgan fingerprint density at radius 1 is 1.10 bits per heavy atom. The van der Waals surface area contributed by atoms with E-state index in [4.69, 9.17) is 14.2 Å². The molecule has 4 rings (SSSR count). The maximum Gasteiger partial charge on any atom is 0.144 e. The molecule has 0 saturated heterocycles. The molecular formula is C21H25N5O3S. The third-order valence-electron chi connectivity index (χ3n) is 4.98. The van der Waals surface area contributed by atoms with Gasteiger partial charge < -0.3 is 19.5 Å². The molecule has 1 aromatic carbocycles. The second-order valence-electron chi connectivity index (χ2n) is 6.92. The number of aromatic nitrogens is 4. The number of aryl methyl sites for hydroxylation is 1. The van der Waals surface area contributed by atoms with Crippen molar-refractivity contribution < 1.29 is 14.2 Å². The number of benzene rings is 1. The summed E-state index contributed by atoms with van der Waals surface area (Å²) in [6.45, 7) is 1.32. The smallest absolute Gasteiger partial charge is 0.144 e. The Bertz CT molecular complexity index is 1140. The molecule has 4 aromatic rings. The number of hydrogen-bond donors (Lipinski definition) is 2. The lowest BCUT2D eigenvalue weighted by Crippen LogP contribution is -2.00. The van der Waals surface area contributed by atoms with Gasteiger partial charge in [-0.05, 0) is 30.9 Å². The third kappa shape index (κ3) is 4.09. The van der Waals surface area contributed by atoms with Gasteiger partial charge in [-0.2, -0.15) is 5.10 Å². The van der Waals surface area contributed by atoms with Gasteiger partial charge in [-0.25, -0.2) is 9.97 Å². The lowest BCUT2D eigenvalue weighted by Gasteiger charge is -2.13. The van der Waals surface area contributed by atoms with E-state index < -0.39 is 0 Å². The molecule has 158 valence electrons. The molecule has 3 heterocycles. The molecule has 30 heavy (non-hydrogen) atoms. The minimum absolute atomic E-state index is 0.560. The molecule has 0 fully saturated rings. The number of rotatable bonds is 10. The largest absolute Gasteiger partial charge is 0.494 e. The second-order valence-corrected chi connectivity index (χ2v) is 8.01. The molecule has 9 heteroatoms. The van der Waals surface area contributed by atoms with Crippen LogP contribution in [0.3, 0.4) is 0 Å². The Morgan fingerprint density at radius 3 is 2.80 bits per heavy atom. The zero-order valence-corrected chi connectivity index (χ0v) is 18.1. The molecule has 0 amide bonds. The normalized spacial score (nSPS) is 11.4. The van der Waals surface area contributed by atoms with Gasteiger partial charge in [-0.1, -0.05) is 0 Å². The van der Waals surface area contributed by atoms with Crippen molar-refractivity contribution in [3.8, 4) is 5.75 Å². The lowest BCUT2D eigenvalue weighted by atomic mass is 10.1. The highest BCUT2D eigenvalue weighted by Gasteiger charge is 2.18. The molecule has 0 radical (unpaired) electrons. The minimum atomic E-state index is 0.560. The van der Waals surface area contributed by atoms with Crippen LogP contribution in [0.5, 0.6) is 5.75 Å². The Hall–Kier alpha value is -2.75. The van der Waals surface area contributed by atoms with Gasteiger partial charge in [0, 0.05) is 37.2 Å². The first kappa shape index (κ1) is 20.5. The van der Waals surface area contributed by atoms with Gasteiger partial charge in [0.15, 0.2) is 0 Å². The Labute approximate surface area is 178 Å². The number of methoxy groups -OCH3 is 3. The van der Waals surface area contributed by atoms with E-state index in [0.717, 1.165) is 58.5 Å². The van der Waals surface area contributed by atoms with Crippen LogP contribution in [-0.4, -0.2) is 48.1 Å². The predicted octanol–water partition coefficient (Wildman–Crippen LogP) is 4.44. The molecule has 8 nitrogen and oxygen atoms in total. The molecule has 3 aromatic heterocycles. The van der Waals surface area contributed by atoms with Crippen LogP contribution in [0.4, 0.5) is 11.5 Å². The molecule has 0 unspecified atom stereocenters. The van der Waals surface area contributed by atoms with Crippen LogP contribution in [-0.2, 0) is 22.5 Å². The standard InChI is InChI=1S/C21H25N5O3S/c1-27-7-5-4-6-14-18(11-28-2)30-21-19(14)20(22-12-23-21)25-16-8-13-10-24-26-15(13)9-17(16)29-3/h8-10,12H,4-7,11H2,1-3H3,(H,24,26)(H,22,23,25). The van der Waals surface area contributed by atoms with E-state index in [1.54, 1.807) is 45.2 Å². The number of ether oxygens (including phenoxy) is 3. The fourth-order valence-corrected chi connectivity index (χ4v) is 4.72. The molecule has 0 bridgehead atoms. The van der Waals surface area contributed by atoms with Gasteiger partial charge in [-0.15, -0.1) is 11.3 Å². The first-order valence-electron chi connectivity index (χ1n) is 9.76. The summed E-state index contributed by atoms with van der Waals surface area (Å²) in [5.41, 5.74) is 2.98. The summed E-state index contributed by atoms with van der Waals surface area (Å²) in [7, 11) is 5.10. The average Bonchev–Trinajstić information content (AvgIpc) is 3.35. The zero-order valence-electron chi connectivity index (χ0n) is 17.3. The van der Waals surface area contributed by atoms with Gasteiger partial charge in [0.2, 0.25) is 0 Å². The zero-order chi connectivity index (χ0) is 20.9. The van der Waals surface area contributed by atoms with E-state index in [0.29, 0.717) is 12.4 Å². The first-order chi connectivity index (χ1) is 14.7. The van der Waals surface area contributed by atoms with Crippen LogP contribution in [0, 0.1) is 0 Å². The molecule has 0 aliphatic carbocycles. The van der Waals surface area contributed by atoms with Crippen molar-refractivity contribution in [2.75, 3.05) is 33.3 Å². The Kier molecular flexibility index (Phi) is 6.41. The highest BCUT2D eigenvalue weighted by Crippen LogP contribution is 2.38. The number of aromatic amines is 1. The summed E-state index contributed by atoms with van der Waals surface area (Å²) in [6, 6.07) is 3.94. The molecule has 0 atom stereocenters. The van der Waals surface area contributed by atoms with Gasteiger partial charge in [0.05, 0.1) is 36.5 Å². The molecule has 0 aliphatic heterocycles. The van der Waals surface area contributed by atoms with Crippen molar-refractivity contribution in [1.29, 1.82) is 0 Å². The van der Waals surface area contributed by atoms with Gasteiger partial charge in [0.25, 0.3) is 0 Å². The van der Waals surface area contributed by atoms with Gasteiger partial charge in [-0.3, -0.25) is 5.10 Å². The van der Waals surface area contributed by atoms with Gasteiger partial charge >= 0.3 is 0 Å². The van der Waals surface area contributed by atoms with E-state index in [-0.39, 0.29) is 0 Å². The second kappa shape index (κ2) is 9.38. The topological polar surface area (TPSA) is 94.2 Å². The SMILES string of the molecule is COCCCCc1c(COC)sc2ncnc(Nc3cc4cn[nH]c4cc3OC)c12. The molecular weight excluding hydrogens is 402 g/mol. The van der Waals surface area contributed by atoms with Gasteiger partial charge in [0.1, 0.15) is 22.7 Å². The fraction of sp³-hybridized carbons (Fsp3) is 0.381. The number of fused-ring (bicyclic) bond motifs is 2. The van der Waals surface area contributed by atoms with Crippen LogP contribution in [0.1, 0.15) is 23.3 Å². The summed E-state index contributed by atoms with van der Waals surface area (Å²) in [5.74, 6) is 1.48. The van der Waals surface area contributed by atoms with E-state index in [2.05, 4.69) is 25.5 Å². The quantitative estimate of drug-likeness (QED) is 0.361. The van der Waals surface area contributed by atoms with Crippen molar-refractivity contribution in [3.63, 3.8) is 0 Å². The number of nitrogens with zero attached hydrogens (tertiary/aromatic N) is 3. The summed E-state index contributed by atoms with van der Waals surface area (Å²) >= 11 is 1.66. The minimum Gasteiger partial charge on any atom is -0.494 e. The number of H-pyrrole nitrogens is 1. The van der Waals surface area contributed by atoms with E-state index >= 15 is 0 Å². The van der Waals surface area contributed by atoms with Crippen molar-refractivity contribution >= 4 is 44.0 Å². The highest BCUT2D eigenvalue weighted by atomic mass is 32.1. The molecule has 2 N–H and O–H groups in total. The van der Waals surface area contributed by atoms with Crippen molar-refractivity contribution in [2.24, 2.45) is 0 Å². The number of hydrogen-bond acceptors (Lipinski definition) is 8. The number of anilines is 2. The number of unbranched alkanes of at least 4 members (excludes halogenated alkanes) is 1. The molecule has 0 spiro atoms. The van der Waals surface area contributed by atoms with Crippen LogP contribution in [0.2, 0.25) is 0 Å². The average molecular weight is 428 g/mol. The predicted molar refractivity (Wildman–Crippen MR) is 119 cm³/mol. The summed E-state index contributed by atoms with van der Waals surface area (Å²) in [5, 5.41) is 12.6. The first-order valence-corrected chi connectivity index (χ1v) is 10.6. The van der Waals surface area contributed by atoms with E-state index in [1.807, 2.05) is 12.1 Å². The summed E-state index contributed by atoms with van der Waals surface area (Å²) in [4.78, 5) is 11.2.